The van der Waals surface area contributed by atoms with Crippen molar-refractivity contribution in [2.45, 2.75) is 27.7 Å². The van der Waals surface area contributed by atoms with Gasteiger partial charge in [-0.25, -0.2) is 8.42 Å². The standard InChI is InChI=1S/C15H24N2O3S/c1-11(2)15(18)16-8-9-17(21(5,19)20)14-10-12(3)6-7-13(14)4/h6-7,10-11H,8-9H2,1-5H3,(H,16,18). The van der Waals surface area contributed by atoms with E-state index < -0.39 is 10.0 Å². The Hall–Kier alpha value is -1.56. The fourth-order valence-electron chi connectivity index (χ4n) is 1.94. The van der Waals surface area contributed by atoms with Crippen LogP contribution in [0.15, 0.2) is 18.2 Å². The number of amides is 1. The van der Waals surface area contributed by atoms with Crippen molar-refractivity contribution in [3.8, 4) is 0 Å². The van der Waals surface area contributed by atoms with Gasteiger partial charge >= 0.3 is 0 Å². The highest BCUT2D eigenvalue weighted by Crippen LogP contribution is 2.23. The summed E-state index contributed by atoms with van der Waals surface area (Å²) in [5.41, 5.74) is 2.55. The molecule has 0 spiro atoms. The first kappa shape index (κ1) is 17.5. The number of rotatable bonds is 6. The number of nitrogens with one attached hydrogen (secondary N) is 1. The first-order valence-electron chi connectivity index (χ1n) is 6.95. The number of benzene rings is 1. The topological polar surface area (TPSA) is 66.5 Å². The molecular weight excluding hydrogens is 288 g/mol. The number of anilines is 1. The molecule has 118 valence electrons. The van der Waals surface area contributed by atoms with Crippen LogP contribution >= 0.6 is 0 Å². The van der Waals surface area contributed by atoms with Crippen LogP contribution in [0.1, 0.15) is 25.0 Å². The van der Waals surface area contributed by atoms with Gasteiger partial charge in [0, 0.05) is 12.5 Å². The van der Waals surface area contributed by atoms with E-state index in [0.717, 1.165) is 11.1 Å². The number of aryl methyl sites for hydroxylation is 2. The van der Waals surface area contributed by atoms with Gasteiger partial charge < -0.3 is 5.32 Å². The van der Waals surface area contributed by atoms with Crippen molar-refractivity contribution in [2.75, 3.05) is 23.7 Å². The SMILES string of the molecule is Cc1ccc(C)c(N(CCNC(=O)C(C)C)S(C)(=O)=O)c1. The van der Waals surface area contributed by atoms with Crippen LogP contribution in [0, 0.1) is 19.8 Å². The van der Waals surface area contributed by atoms with E-state index in [-0.39, 0.29) is 24.9 Å². The minimum absolute atomic E-state index is 0.0792. The third-order valence-electron chi connectivity index (χ3n) is 3.17. The summed E-state index contributed by atoms with van der Waals surface area (Å²) in [7, 11) is -3.39. The normalized spacial score (nSPS) is 11.5. The zero-order valence-electron chi connectivity index (χ0n) is 13.3. The molecule has 0 atom stereocenters. The fourth-order valence-corrected chi connectivity index (χ4v) is 2.91. The monoisotopic (exact) mass is 312 g/mol. The highest BCUT2D eigenvalue weighted by molar-refractivity contribution is 7.92. The third kappa shape index (κ3) is 5.04. The fraction of sp³-hybridized carbons (Fsp3) is 0.533. The largest absolute Gasteiger partial charge is 0.354 e. The van der Waals surface area contributed by atoms with Crippen molar-refractivity contribution in [1.82, 2.24) is 5.32 Å². The van der Waals surface area contributed by atoms with Gasteiger partial charge in [-0.2, -0.15) is 0 Å². The molecule has 1 amide bonds. The first-order chi connectivity index (χ1) is 9.62. The molecule has 0 fully saturated rings. The Balaban J connectivity index is 2.93. The van der Waals surface area contributed by atoms with Crippen molar-refractivity contribution in [2.24, 2.45) is 5.92 Å². The van der Waals surface area contributed by atoms with Crippen molar-refractivity contribution >= 4 is 21.6 Å². The molecule has 0 radical (unpaired) electrons. The van der Waals surface area contributed by atoms with Gasteiger partial charge in [0.05, 0.1) is 18.5 Å². The van der Waals surface area contributed by atoms with E-state index in [2.05, 4.69) is 5.32 Å². The number of carbonyl (C=O) groups is 1. The van der Waals surface area contributed by atoms with E-state index in [9.17, 15) is 13.2 Å². The van der Waals surface area contributed by atoms with Crippen LogP contribution in [0.25, 0.3) is 0 Å². The predicted molar refractivity (Wildman–Crippen MR) is 86.0 cm³/mol. The molecule has 0 heterocycles. The lowest BCUT2D eigenvalue weighted by atomic mass is 10.1. The zero-order chi connectivity index (χ0) is 16.2. The highest BCUT2D eigenvalue weighted by Gasteiger charge is 2.19. The average molecular weight is 312 g/mol. The smallest absolute Gasteiger partial charge is 0.232 e. The maximum atomic E-state index is 12.0. The molecular formula is C15H24N2O3S. The Bertz CT molecular complexity index is 609. The second-order valence-electron chi connectivity index (χ2n) is 5.57. The summed E-state index contributed by atoms with van der Waals surface area (Å²) in [5.74, 6) is -0.193. The second kappa shape index (κ2) is 6.93. The van der Waals surface area contributed by atoms with Crippen LogP contribution < -0.4 is 9.62 Å². The van der Waals surface area contributed by atoms with Crippen molar-refractivity contribution in [1.29, 1.82) is 0 Å². The molecule has 0 unspecified atom stereocenters. The highest BCUT2D eigenvalue weighted by atomic mass is 32.2. The predicted octanol–water partition coefficient (Wildman–Crippen LogP) is 1.84. The second-order valence-corrected chi connectivity index (χ2v) is 7.48. The lowest BCUT2D eigenvalue weighted by Gasteiger charge is -2.25. The molecule has 5 nitrogen and oxygen atoms in total. The Kier molecular flexibility index (Phi) is 5.78. The molecule has 0 aliphatic heterocycles. The number of hydrogen-bond acceptors (Lipinski definition) is 3. The van der Waals surface area contributed by atoms with Crippen LogP contribution in [0.4, 0.5) is 5.69 Å². The van der Waals surface area contributed by atoms with Gasteiger partial charge in [0.15, 0.2) is 0 Å². The Morgan fingerprint density at radius 3 is 2.43 bits per heavy atom. The van der Waals surface area contributed by atoms with E-state index >= 15 is 0 Å². The summed E-state index contributed by atoms with van der Waals surface area (Å²) in [5, 5.41) is 2.74. The number of hydrogen-bond donors (Lipinski definition) is 1. The van der Waals surface area contributed by atoms with Gasteiger partial charge in [0.2, 0.25) is 15.9 Å². The molecule has 0 aromatic heterocycles. The van der Waals surface area contributed by atoms with Crippen LogP contribution in [0.2, 0.25) is 0 Å². The van der Waals surface area contributed by atoms with Crippen molar-refractivity contribution in [3.05, 3.63) is 29.3 Å². The maximum Gasteiger partial charge on any atom is 0.232 e. The van der Waals surface area contributed by atoms with Crippen LogP contribution in [0.3, 0.4) is 0 Å². The van der Waals surface area contributed by atoms with E-state index in [1.54, 1.807) is 13.8 Å². The van der Waals surface area contributed by atoms with Gasteiger partial charge in [-0.15, -0.1) is 0 Å². The molecule has 0 bridgehead atoms. The van der Waals surface area contributed by atoms with E-state index in [4.69, 9.17) is 0 Å². The molecule has 1 rings (SSSR count). The lowest BCUT2D eigenvalue weighted by Crippen LogP contribution is -2.39. The minimum atomic E-state index is -3.39. The van der Waals surface area contributed by atoms with Gasteiger partial charge in [0.25, 0.3) is 0 Å². The van der Waals surface area contributed by atoms with Gasteiger partial charge in [-0.3, -0.25) is 9.10 Å². The molecule has 21 heavy (non-hydrogen) atoms. The number of sulfonamides is 1. The van der Waals surface area contributed by atoms with Crippen molar-refractivity contribution in [3.63, 3.8) is 0 Å². The number of carbonyl (C=O) groups excluding carboxylic acids is 1. The first-order valence-corrected chi connectivity index (χ1v) is 8.80. The third-order valence-corrected chi connectivity index (χ3v) is 4.35. The molecule has 1 aromatic rings. The summed E-state index contributed by atoms with van der Waals surface area (Å²) >= 11 is 0. The van der Waals surface area contributed by atoms with Crippen LogP contribution in [0.5, 0.6) is 0 Å². The summed E-state index contributed by atoms with van der Waals surface area (Å²) in [4.78, 5) is 11.6. The molecule has 6 heteroatoms. The van der Waals surface area contributed by atoms with Gasteiger partial charge in [-0.1, -0.05) is 26.0 Å². The summed E-state index contributed by atoms with van der Waals surface area (Å²) in [6, 6.07) is 5.69. The van der Waals surface area contributed by atoms with E-state index in [1.165, 1.54) is 10.6 Å². The molecule has 0 aliphatic rings. The summed E-state index contributed by atoms with van der Waals surface area (Å²) < 4.78 is 25.4. The molecule has 1 N–H and O–H groups in total. The number of nitrogens with zero attached hydrogens (tertiary/aromatic N) is 1. The minimum Gasteiger partial charge on any atom is -0.354 e. The molecule has 0 aliphatic carbocycles. The Labute approximate surface area is 127 Å². The van der Waals surface area contributed by atoms with Gasteiger partial charge in [0.1, 0.15) is 0 Å². The van der Waals surface area contributed by atoms with Crippen LogP contribution in [-0.4, -0.2) is 33.7 Å². The lowest BCUT2D eigenvalue weighted by molar-refractivity contribution is -0.123. The van der Waals surface area contributed by atoms with E-state index in [1.807, 2.05) is 32.0 Å². The Morgan fingerprint density at radius 1 is 1.29 bits per heavy atom. The van der Waals surface area contributed by atoms with E-state index in [0.29, 0.717) is 5.69 Å². The molecule has 0 saturated carbocycles. The Morgan fingerprint density at radius 2 is 1.90 bits per heavy atom. The summed E-state index contributed by atoms with van der Waals surface area (Å²) in [6.45, 7) is 7.91. The maximum absolute atomic E-state index is 12.0. The summed E-state index contributed by atoms with van der Waals surface area (Å²) in [6.07, 6.45) is 1.18. The molecule has 0 saturated heterocycles. The average Bonchev–Trinajstić information content (AvgIpc) is 2.36. The zero-order valence-corrected chi connectivity index (χ0v) is 14.1. The van der Waals surface area contributed by atoms with Crippen LogP contribution in [-0.2, 0) is 14.8 Å². The van der Waals surface area contributed by atoms with Gasteiger partial charge in [-0.05, 0) is 31.0 Å². The quantitative estimate of drug-likeness (QED) is 0.871. The molecule has 1 aromatic carbocycles. The van der Waals surface area contributed by atoms with Crippen molar-refractivity contribution < 1.29 is 13.2 Å².